The van der Waals surface area contributed by atoms with Gasteiger partial charge in [-0.1, -0.05) is 26.3 Å². The molecule has 4 rings (SSSR count). The minimum atomic E-state index is -0.451. The molecule has 0 aliphatic heterocycles. The van der Waals surface area contributed by atoms with Gasteiger partial charge in [-0.3, -0.25) is 4.79 Å². The molecular formula is C27H32N2O3. The van der Waals surface area contributed by atoms with E-state index in [9.17, 15) is 10.1 Å². The first kappa shape index (κ1) is 22.2. The molecule has 32 heavy (non-hydrogen) atoms. The van der Waals surface area contributed by atoms with Crippen LogP contribution in [-0.4, -0.2) is 20.1 Å². The minimum absolute atomic E-state index is 0.0947. The molecule has 1 fully saturated rings. The Bertz CT molecular complexity index is 1070. The molecule has 1 amide bonds. The van der Waals surface area contributed by atoms with Gasteiger partial charge in [0, 0.05) is 18.2 Å². The van der Waals surface area contributed by atoms with E-state index in [1.807, 2.05) is 24.3 Å². The number of aryl methyl sites for hydroxylation is 1. The number of hydrogen-bond acceptors (Lipinski definition) is 4. The molecule has 0 unspecified atom stereocenters. The summed E-state index contributed by atoms with van der Waals surface area (Å²) in [5.41, 5.74) is 3.68. The van der Waals surface area contributed by atoms with Gasteiger partial charge in [0.1, 0.15) is 11.5 Å². The molecule has 5 heteroatoms. The number of rotatable bonds is 5. The number of amides is 1. The first-order valence-corrected chi connectivity index (χ1v) is 11.4. The van der Waals surface area contributed by atoms with E-state index < -0.39 is 5.41 Å². The van der Waals surface area contributed by atoms with Crippen molar-refractivity contribution < 1.29 is 14.3 Å². The highest BCUT2D eigenvalue weighted by atomic mass is 16.5. The van der Waals surface area contributed by atoms with E-state index in [4.69, 9.17) is 9.47 Å². The standard InChI is InChI=1S/C27H32N2O3/c1-26-12-5-13-27(2,24(26)11-9-19-7-6-18(16-28)14-22(19)26)25(30)29-17-20-8-10-21(31-3)15-23(20)32-4/h6-8,10,14-15,24H,5,9,11-13,17H2,1-4H3,(H,29,30)/t24-,26-,27+/m1/s1. The first-order valence-electron chi connectivity index (χ1n) is 11.4. The van der Waals surface area contributed by atoms with Crippen molar-refractivity contribution in [2.24, 2.45) is 11.3 Å². The Morgan fingerprint density at radius 2 is 1.97 bits per heavy atom. The summed E-state index contributed by atoms with van der Waals surface area (Å²) in [4.78, 5) is 13.6. The molecule has 2 aliphatic rings. The molecule has 3 atom stereocenters. The third kappa shape index (κ3) is 3.62. The zero-order valence-corrected chi connectivity index (χ0v) is 19.5. The summed E-state index contributed by atoms with van der Waals surface area (Å²) in [6, 6.07) is 14.0. The van der Waals surface area contributed by atoms with E-state index >= 15 is 0 Å². The van der Waals surface area contributed by atoms with Gasteiger partial charge in [0.2, 0.25) is 5.91 Å². The number of methoxy groups -OCH3 is 2. The third-order valence-electron chi connectivity index (χ3n) is 7.94. The van der Waals surface area contributed by atoms with Gasteiger partial charge in [0.15, 0.2) is 0 Å². The van der Waals surface area contributed by atoms with Gasteiger partial charge in [0.25, 0.3) is 0 Å². The number of hydrogen-bond donors (Lipinski definition) is 1. The second kappa shape index (κ2) is 8.50. The van der Waals surface area contributed by atoms with E-state index in [0.717, 1.165) is 43.4 Å². The first-order chi connectivity index (χ1) is 15.4. The normalized spacial score (nSPS) is 26.3. The van der Waals surface area contributed by atoms with Crippen LogP contribution in [0.4, 0.5) is 0 Å². The number of carbonyl (C=O) groups is 1. The molecule has 2 aliphatic carbocycles. The van der Waals surface area contributed by atoms with Crippen LogP contribution in [0, 0.1) is 22.7 Å². The van der Waals surface area contributed by atoms with Crippen LogP contribution >= 0.6 is 0 Å². The number of ether oxygens (including phenoxy) is 2. The van der Waals surface area contributed by atoms with Crippen LogP contribution in [0.25, 0.3) is 0 Å². The summed E-state index contributed by atoms with van der Waals surface area (Å²) >= 11 is 0. The van der Waals surface area contributed by atoms with Crippen molar-refractivity contribution in [2.75, 3.05) is 14.2 Å². The van der Waals surface area contributed by atoms with Gasteiger partial charge >= 0.3 is 0 Å². The maximum absolute atomic E-state index is 13.6. The molecule has 2 aromatic carbocycles. The minimum Gasteiger partial charge on any atom is -0.497 e. The van der Waals surface area contributed by atoms with Crippen molar-refractivity contribution in [1.82, 2.24) is 5.32 Å². The van der Waals surface area contributed by atoms with Gasteiger partial charge in [-0.15, -0.1) is 0 Å². The highest BCUT2D eigenvalue weighted by Gasteiger charge is 2.54. The fraction of sp³-hybridized carbons (Fsp3) is 0.481. The second-order valence-electron chi connectivity index (χ2n) is 9.62. The summed E-state index contributed by atoms with van der Waals surface area (Å²) < 4.78 is 10.8. The van der Waals surface area contributed by atoms with Crippen molar-refractivity contribution in [1.29, 1.82) is 5.26 Å². The smallest absolute Gasteiger partial charge is 0.226 e. The number of fused-ring (bicyclic) bond motifs is 3. The number of carbonyl (C=O) groups excluding carboxylic acids is 1. The summed E-state index contributed by atoms with van der Waals surface area (Å²) in [7, 11) is 3.25. The molecule has 0 spiro atoms. The second-order valence-corrected chi connectivity index (χ2v) is 9.62. The van der Waals surface area contributed by atoms with Gasteiger partial charge in [-0.25, -0.2) is 0 Å². The Kier molecular flexibility index (Phi) is 5.90. The number of nitrogens with one attached hydrogen (secondary N) is 1. The molecule has 168 valence electrons. The molecule has 0 saturated heterocycles. The Morgan fingerprint density at radius 1 is 1.16 bits per heavy atom. The predicted octanol–water partition coefficient (Wildman–Crippen LogP) is 4.90. The highest BCUT2D eigenvalue weighted by Crippen LogP contribution is 2.57. The van der Waals surface area contributed by atoms with Crippen LogP contribution in [0.15, 0.2) is 36.4 Å². The topological polar surface area (TPSA) is 71.3 Å². The quantitative estimate of drug-likeness (QED) is 0.729. The average molecular weight is 433 g/mol. The van der Waals surface area contributed by atoms with Crippen molar-refractivity contribution in [3.8, 4) is 17.6 Å². The van der Waals surface area contributed by atoms with Crippen LogP contribution in [-0.2, 0) is 23.2 Å². The molecule has 0 radical (unpaired) electrons. The molecule has 1 saturated carbocycles. The van der Waals surface area contributed by atoms with Crippen molar-refractivity contribution in [2.45, 2.75) is 57.9 Å². The fourth-order valence-electron chi connectivity index (χ4n) is 6.18. The van der Waals surface area contributed by atoms with E-state index in [1.54, 1.807) is 14.2 Å². The Balaban J connectivity index is 1.59. The molecule has 0 aromatic heterocycles. The van der Waals surface area contributed by atoms with E-state index in [0.29, 0.717) is 17.9 Å². The largest absolute Gasteiger partial charge is 0.497 e. The van der Waals surface area contributed by atoms with E-state index in [-0.39, 0.29) is 17.2 Å². The van der Waals surface area contributed by atoms with Crippen LogP contribution in [0.1, 0.15) is 61.8 Å². The SMILES string of the molecule is COc1ccc(CNC(=O)[C@@]2(C)CCC[C@]3(C)c4cc(C#N)ccc4CC[C@@H]23)c(OC)c1. The Labute approximate surface area is 190 Å². The van der Waals surface area contributed by atoms with Crippen molar-refractivity contribution in [3.63, 3.8) is 0 Å². The monoisotopic (exact) mass is 432 g/mol. The lowest BCUT2D eigenvalue weighted by Crippen LogP contribution is -2.55. The maximum atomic E-state index is 13.6. The zero-order valence-electron chi connectivity index (χ0n) is 19.5. The number of nitrogens with zero attached hydrogens (tertiary/aromatic N) is 1. The van der Waals surface area contributed by atoms with Gasteiger partial charge in [-0.05, 0) is 72.4 Å². The lowest BCUT2D eigenvalue weighted by Gasteiger charge is -2.54. The van der Waals surface area contributed by atoms with E-state index in [1.165, 1.54) is 11.1 Å². The Morgan fingerprint density at radius 3 is 2.69 bits per heavy atom. The van der Waals surface area contributed by atoms with Gasteiger partial charge < -0.3 is 14.8 Å². The summed E-state index contributed by atoms with van der Waals surface area (Å²) in [6.45, 7) is 4.85. The van der Waals surface area contributed by atoms with Crippen molar-refractivity contribution >= 4 is 5.91 Å². The summed E-state index contributed by atoms with van der Waals surface area (Å²) in [6.07, 6.45) is 4.88. The van der Waals surface area contributed by atoms with Crippen LogP contribution < -0.4 is 14.8 Å². The summed E-state index contributed by atoms with van der Waals surface area (Å²) in [5, 5.41) is 12.6. The number of benzene rings is 2. The van der Waals surface area contributed by atoms with Crippen LogP contribution in [0.3, 0.4) is 0 Å². The predicted molar refractivity (Wildman–Crippen MR) is 124 cm³/mol. The lowest BCUT2D eigenvalue weighted by atomic mass is 9.49. The van der Waals surface area contributed by atoms with Gasteiger partial charge in [0.05, 0.1) is 31.3 Å². The highest BCUT2D eigenvalue weighted by molar-refractivity contribution is 5.83. The molecule has 0 bridgehead atoms. The maximum Gasteiger partial charge on any atom is 0.226 e. The third-order valence-corrected chi connectivity index (χ3v) is 7.94. The summed E-state index contributed by atoms with van der Waals surface area (Å²) in [5.74, 6) is 1.78. The molecule has 1 N–H and O–H groups in total. The van der Waals surface area contributed by atoms with Crippen molar-refractivity contribution in [3.05, 3.63) is 58.7 Å². The van der Waals surface area contributed by atoms with Crippen LogP contribution in [0.2, 0.25) is 0 Å². The Hall–Kier alpha value is -3.00. The van der Waals surface area contributed by atoms with E-state index in [2.05, 4.69) is 37.4 Å². The fourth-order valence-corrected chi connectivity index (χ4v) is 6.18. The molecule has 0 heterocycles. The molecular weight excluding hydrogens is 400 g/mol. The molecule has 5 nitrogen and oxygen atoms in total. The van der Waals surface area contributed by atoms with Gasteiger partial charge in [-0.2, -0.15) is 5.26 Å². The lowest BCUT2D eigenvalue weighted by molar-refractivity contribution is -0.139. The zero-order chi connectivity index (χ0) is 22.9. The van der Waals surface area contributed by atoms with Crippen LogP contribution in [0.5, 0.6) is 11.5 Å². The molecule has 2 aromatic rings. The average Bonchev–Trinajstić information content (AvgIpc) is 2.82. The number of nitriles is 1.